The van der Waals surface area contributed by atoms with Crippen molar-refractivity contribution < 1.29 is 31.1 Å². The van der Waals surface area contributed by atoms with Crippen LogP contribution in [0.3, 0.4) is 0 Å². The SMILES string of the molecule is NS(=O)(=O)c1ccc(OC(F)(F)F)c(C=O)c1. The Morgan fingerprint density at radius 3 is 2.29 bits per heavy atom. The topological polar surface area (TPSA) is 86.5 Å². The molecule has 1 aromatic rings. The Labute approximate surface area is 94.0 Å². The number of ether oxygens (including phenoxy) is 1. The summed E-state index contributed by atoms with van der Waals surface area (Å²) in [5.74, 6) is -0.792. The average Bonchev–Trinajstić information content (AvgIpc) is 2.14. The predicted octanol–water partition coefficient (Wildman–Crippen LogP) is 1.05. The van der Waals surface area contributed by atoms with Gasteiger partial charge in [0.1, 0.15) is 5.75 Å². The Balaban J connectivity index is 3.24. The first kappa shape index (κ1) is 13.5. The molecular weight excluding hydrogens is 263 g/mol. The molecule has 0 bridgehead atoms. The number of alkyl halides is 3. The third-order valence-electron chi connectivity index (χ3n) is 1.66. The van der Waals surface area contributed by atoms with Crippen LogP contribution in [-0.4, -0.2) is 21.1 Å². The number of rotatable bonds is 3. The Morgan fingerprint density at radius 1 is 1.29 bits per heavy atom. The normalized spacial score (nSPS) is 12.2. The summed E-state index contributed by atoms with van der Waals surface area (Å²) in [7, 11) is -4.09. The van der Waals surface area contributed by atoms with E-state index in [2.05, 4.69) is 4.74 Å². The maximum Gasteiger partial charge on any atom is 0.573 e. The molecule has 0 atom stereocenters. The van der Waals surface area contributed by atoms with Crippen LogP contribution < -0.4 is 9.88 Å². The van der Waals surface area contributed by atoms with Gasteiger partial charge >= 0.3 is 6.36 Å². The molecule has 0 aliphatic rings. The van der Waals surface area contributed by atoms with Crippen molar-refractivity contribution in [2.45, 2.75) is 11.3 Å². The zero-order valence-electron chi connectivity index (χ0n) is 8.06. The highest BCUT2D eigenvalue weighted by molar-refractivity contribution is 7.89. The fourth-order valence-corrected chi connectivity index (χ4v) is 1.56. The number of halogens is 3. The fraction of sp³-hybridized carbons (Fsp3) is 0.125. The second-order valence-corrected chi connectivity index (χ2v) is 4.47. The van der Waals surface area contributed by atoms with Crippen molar-refractivity contribution in [1.82, 2.24) is 0 Å². The van der Waals surface area contributed by atoms with Crippen molar-refractivity contribution in [3.8, 4) is 5.75 Å². The highest BCUT2D eigenvalue weighted by atomic mass is 32.2. The second-order valence-electron chi connectivity index (χ2n) is 2.91. The molecule has 94 valence electrons. The summed E-state index contributed by atoms with van der Waals surface area (Å²) in [6, 6.07) is 2.21. The molecule has 9 heteroatoms. The molecule has 0 amide bonds. The van der Waals surface area contributed by atoms with Crippen molar-refractivity contribution in [2.24, 2.45) is 5.14 Å². The Morgan fingerprint density at radius 2 is 1.88 bits per heavy atom. The number of carbonyl (C=O) groups is 1. The van der Waals surface area contributed by atoms with E-state index in [1.165, 1.54) is 0 Å². The van der Waals surface area contributed by atoms with E-state index >= 15 is 0 Å². The number of hydrogen-bond acceptors (Lipinski definition) is 4. The van der Waals surface area contributed by atoms with Crippen molar-refractivity contribution >= 4 is 16.3 Å². The summed E-state index contributed by atoms with van der Waals surface area (Å²) in [5, 5.41) is 4.75. The lowest BCUT2D eigenvalue weighted by molar-refractivity contribution is -0.274. The summed E-state index contributed by atoms with van der Waals surface area (Å²) in [6.45, 7) is 0. The van der Waals surface area contributed by atoms with Gasteiger partial charge in [-0.25, -0.2) is 13.6 Å². The van der Waals surface area contributed by atoms with Crippen LogP contribution >= 0.6 is 0 Å². The van der Waals surface area contributed by atoms with Gasteiger partial charge in [-0.05, 0) is 18.2 Å². The summed E-state index contributed by atoms with van der Waals surface area (Å²) in [6.07, 6.45) is -4.93. The lowest BCUT2D eigenvalue weighted by Gasteiger charge is -2.11. The van der Waals surface area contributed by atoms with Crippen LogP contribution in [0.5, 0.6) is 5.75 Å². The van der Waals surface area contributed by atoms with Gasteiger partial charge in [0.15, 0.2) is 6.29 Å². The molecule has 0 saturated carbocycles. The first-order valence-electron chi connectivity index (χ1n) is 4.01. The molecule has 0 heterocycles. The molecule has 17 heavy (non-hydrogen) atoms. The number of sulfonamides is 1. The average molecular weight is 269 g/mol. The van der Waals surface area contributed by atoms with Crippen molar-refractivity contribution in [3.05, 3.63) is 23.8 Å². The minimum Gasteiger partial charge on any atom is -0.405 e. The van der Waals surface area contributed by atoms with Gasteiger partial charge in [-0.3, -0.25) is 4.79 Å². The van der Waals surface area contributed by atoms with Crippen molar-refractivity contribution in [3.63, 3.8) is 0 Å². The molecule has 0 aromatic heterocycles. The Kier molecular flexibility index (Phi) is 3.43. The van der Waals surface area contributed by atoms with Gasteiger partial charge in [0, 0.05) is 0 Å². The molecule has 0 unspecified atom stereocenters. The molecule has 1 aromatic carbocycles. The molecule has 1 rings (SSSR count). The van der Waals surface area contributed by atoms with Crippen LogP contribution in [0.2, 0.25) is 0 Å². The van der Waals surface area contributed by atoms with Crippen LogP contribution in [0.1, 0.15) is 10.4 Å². The lowest BCUT2D eigenvalue weighted by atomic mass is 10.2. The largest absolute Gasteiger partial charge is 0.573 e. The number of nitrogens with two attached hydrogens (primary N) is 1. The van der Waals surface area contributed by atoms with Gasteiger partial charge in [-0.1, -0.05) is 0 Å². The maximum atomic E-state index is 11.9. The van der Waals surface area contributed by atoms with E-state index in [0.717, 1.165) is 6.07 Å². The van der Waals surface area contributed by atoms with Gasteiger partial charge in [-0.15, -0.1) is 13.2 Å². The number of aldehydes is 1. The maximum absolute atomic E-state index is 11.9. The zero-order chi connectivity index (χ0) is 13.3. The van der Waals surface area contributed by atoms with Crippen LogP contribution in [-0.2, 0) is 10.0 Å². The number of hydrogen-bond donors (Lipinski definition) is 1. The standard InChI is InChI=1S/C8H6F3NO4S/c9-8(10,11)16-7-2-1-6(17(12,14)15)3-5(7)4-13/h1-4H,(H2,12,14,15). The molecule has 0 spiro atoms. The van der Waals surface area contributed by atoms with E-state index in [0.29, 0.717) is 12.1 Å². The van der Waals surface area contributed by atoms with E-state index in [1.54, 1.807) is 0 Å². The number of carbonyl (C=O) groups excluding carboxylic acids is 1. The van der Waals surface area contributed by atoms with Crippen LogP contribution in [0.4, 0.5) is 13.2 Å². The summed E-state index contributed by atoms with van der Waals surface area (Å²) in [4.78, 5) is 10.0. The summed E-state index contributed by atoms with van der Waals surface area (Å²) >= 11 is 0. The van der Waals surface area contributed by atoms with E-state index < -0.39 is 32.6 Å². The van der Waals surface area contributed by atoms with E-state index in [-0.39, 0.29) is 6.29 Å². The fourth-order valence-electron chi connectivity index (χ4n) is 1.01. The first-order valence-corrected chi connectivity index (χ1v) is 5.56. The summed E-state index contributed by atoms with van der Waals surface area (Å²) < 4.78 is 61.1. The molecule has 5 nitrogen and oxygen atoms in total. The monoisotopic (exact) mass is 269 g/mol. The third-order valence-corrected chi connectivity index (χ3v) is 2.57. The van der Waals surface area contributed by atoms with Gasteiger partial charge in [-0.2, -0.15) is 0 Å². The minimum atomic E-state index is -4.97. The highest BCUT2D eigenvalue weighted by Crippen LogP contribution is 2.27. The van der Waals surface area contributed by atoms with E-state index in [9.17, 15) is 26.4 Å². The van der Waals surface area contributed by atoms with Crippen LogP contribution in [0, 0.1) is 0 Å². The second kappa shape index (κ2) is 4.34. The first-order chi connectivity index (χ1) is 7.63. The number of primary sulfonamides is 1. The predicted molar refractivity (Wildman–Crippen MR) is 49.9 cm³/mol. The molecule has 2 N–H and O–H groups in total. The molecule has 0 aliphatic heterocycles. The van der Waals surface area contributed by atoms with E-state index in [1.807, 2.05) is 0 Å². The zero-order valence-corrected chi connectivity index (χ0v) is 8.88. The van der Waals surface area contributed by atoms with Crippen molar-refractivity contribution in [1.29, 1.82) is 0 Å². The summed E-state index contributed by atoms with van der Waals surface area (Å²) in [5.41, 5.74) is -0.561. The lowest BCUT2D eigenvalue weighted by Crippen LogP contribution is -2.18. The molecule has 0 saturated heterocycles. The smallest absolute Gasteiger partial charge is 0.405 e. The van der Waals surface area contributed by atoms with Crippen molar-refractivity contribution in [2.75, 3.05) is 0 Å². The third kappa shape index (κ3) is 3.71. The van der Waals surface area contributed by atoms with E-state index in [4.69, 9.17) is 5.14 Å². The van der Waals surface area contributed by atoms with Crippen LogP contribution in [0.25, 0.3) is 0 Å². The molecule has 0 radical (unpaired) electrons. The minimum absolute atomic E-state index is 0.0375. The van der Waals surface area contributed by atoms with Crippen LogP contribution in [0.15, 0.2) is 23.1 Å². The highest BCUT2D eigenvalue weighted by Gasteiger charge is 2.32. The number of benzene rings is 1. The molecule has 0 aliphatic carbocycles. The molecular formula is C8H6F3NO4S. The van der Waals surface area contributed by atoms with Gasteiger partial charge in [0.2, 0.25) is 10.0 Å². The van der Waals surface area contributed by atoms with Gasteiger partial charge in [0.05, 0.1) is 10.5 Å². The molecule has 0 fully saturated rings. The van der Waals surface area contributed by atoms with Gasteiger partial charge in [0.25, 0.3) is 0 Å². The Bertz CT molecular complexity index is 538. The van der Waals surface area contributed by atoms with Gasteiger partial charge < -0.3 is 4.74 Å². The Hall–Kier alpha value is -1.61. The quantitative estimate of drug-likeness (QED) is 0.831.